The van der Waals surface area contributed by atoms with Crippen molar-refractivity contribution in [3.8, 4) is 28.6 Å². The number of aromatic hydroxyl groups is 1. The predicted molar refractivity (Wildman–Crippen MR) is 84.1 cm³/mol. The summed E-state index contributed by atoms with van der Waals surface area (Å²) >= 11 is 3.44. The van der Waals surface area contributed by atoms with Crippen molar-refractivity contribution >= 4 is 26.9 Å². The predicted octanol–water partition coefficient (Wildman–Crippen LogP) is 4.59. The summed E-state index contributed by atoms with van der Waals surface area (Å²) < 4.78 is 17.1. The molecule has 3 rings (SSSR count). The Morgan fingerprint density at radius 2 is 1.76 bits per heavy atom. The van der Waals surface area contributed by atoms with Gasteiger partial charge in [0.2, 0.25) is 0 Å². The minimum atomic E-state index is 0.0728. The van der Waals surface area contributed by atoms with Crippen LogP contribution in [0.5, 0.6) is 17.2 Å². The highest BCUT2D eigenvalue weighted by Gasteiger charge is 2.13. The molecule has 21 heavy (non-hydrogen) atoms. The molecule has 0 fully saturated rings. The van der Waals surface area contributed by atoms with E-state index in [-0.39, 0.29) is 5.75 Å². The van der Waals surface area contributed by atoms with Crippen LogP contribution in [-0.2, 0) is 0 Å². The van der Waals surface area contributed by atoms with Gasteiger partial charge in [-0.25, -0.2) is 0 Å². The first-order chi connectivity index (χ1) is 10.1. The maximum atomic E-state index is 9.87. The molecule has 1 N–H and O–H groups in total. The van der Waals surface area contributed by atoms with Crippen molar-refractivity contribution in [1.82, 2.24) is 0 Å². The lowest BCUT2D eigenvalue weighted by atomic mass is 10.1. The van der Waals surface area contributed by atoms with Crippen molar-refractivity contribution in [2.75, 3.05) is 14.2 Å². The van der Waals surface area contributed by atoms with Crippen LogP contribution in [0, 0.1) is 0 Å². The molecule has 3 aromatic rings. The van der Waals surface area contributed by atoms with Gasteiger partial charge in [0.1, 0.15) is 5.76 Å². The maximum absolute atomic E-state index is 9.87. The number of rotatable bonds is 3. The van der Waals surface area contributed by atoms with Gasteiger partial charge in [-0.1, -0.05) is 15.9 Å². The first kappa shape index (κ1) is 13.8. The summed E-state index contributed by atoms with van der Waals surface area (Å²) in [6, 6.07) is 10.8. The highest BCUT2D eigenvalue weighted by Crippen LogP contribution is 2.38. The molecule has 2 aromatic carbocycles. The third-order valence-corrected chi connectivity index (χ3v) is 3.69. The first-order valence-corrected chi connectivity index (χ1v) is 7.06. The number of ether oxygens (including phenoxy) is 2. The van der Waals surface area contributed by atoms with Crippen LogP contribution in [-0.4, -0.2) is 19.3 Å². The third kappa shape index (κ3) is 2.45. The second-order valence-corrected chi connectivity index (χ2v) is 5.44. The van der Waals surface area contributed by atoms with E-state index in [1.807, 2.05) is 24.3 Å². The monoisotopic (exact) mass is 348 g/mol. The van der Waals surface area contributed by atoms with Crippen molar-refractivity contribution < 1.29 is 19.0 Å². The van der Waals surface area contributed by atoms with Gasteiger partial charge in [0.25, 0.3) is 0 Å². The summed E-state index contributed by atoms with van der Waals surface area (Å²) in [5, 5.41) is 10.8. The molecule has 0 unspecified atom stereocenters. The lowest BCUT2D eigenvalue weighted by Crippen LogP contribution is -1.83. The van der Waals surface area contributed by atoms with E-state index >= 15 is 0 Å². The van der Waals surface area contributed by atoms with Crippen LogP contribution >= 0.6 is 15.9 Å². The van der Waals surface area contributed by atoms with E-state index in [1.165, 1.54) is 7.11 Å². The number of benzene rings is 2. The van der Waals surface area contributed by atoms with Gasteiger partial charge in [0, 0.05) is 15.4 Å². The smallest absolute Gasteiger partial charge is 0.176 e. The zero-order valence-electron chi connectivity index (χ0n) is 11.5. The van der Waals surface area contributed by atoms with Crippen molar-refractivity contribution in [1.29, 1.82) is 0 Å². The minimum absolute atomic E-state index is 0.0728. The van der Waals surface area contributed by atoms with Crippen molar-refractivity contribution in [2.45, 2.75) is 0 Å². The summed E-state index contributed by atoms with van der Waals surface area (Å²) in [5.74, 6) is 1.81. The van der Waals surface area contributed by atoms with E-state index in [0.717, 1.165) is 15.4 Å². The van der Waals surface area contributed by atoms with Crippen molar-refractivity contribution in [3.63, 3.8) is 0 Å². The van der Waals surface area contributed by atoms with E-state index in [2.05, 4.69) is 15.9 Å². The first-order valence-electron chi connectivity index (χ1n) is 6.27. The molecule has 0 saturated carbocycles. The zero-order chi connectivity index (χ0) is 15.0. The molecule has 4 nitrogen and oxygen atoms in total. The molecule has 0 aliphatic carbocycles. The van der Waals surface area contributed by atoms with Crippen LogP contribution in [0.1, 0.15) is 0 Å². The Balaban J connectivity index is 2.15. The molecule has 0 amide bonds. The molecule has 0 radical (unpaired) electrons. The molecule has 0 atom stereocenters. The Labute approximate surface area is 130 Å². The van der Waals surface area contributed by atoms with Gasteiger partial charge >= 0.3 is 0 Å². The van der Waals surface area contributed by atoms with Gasteiger partial charge in [0.15, 0.2) is 22.8 Å². The highest BCUT2D eigenvalue weighted by atomic mass is 79.9. The highest BCUT2D eigenvalue weighted by molar-refractivity contribution is 9.10. The summed E-state index contributed by atoms with van der Waals surface area (Å²) in [4.78, 5) is 0. The van der Waals surface area contributed by atoms with Gasteiger partial charge in [-0.3, -0.25) is 0 Å². The van der Waals surface area contributed by atoms with Gasteiger partial charge in [-0.05, 0) is 36.4 Å². The molecule has 1 heterocycles. The number of hydrogen-bond acceptors (Lipinski definition) is 4. The Hall–Kier alpha value is -2.14. The molecular formula is C16H13BrO4. The van der Waals surface area contributed by atoms with Crippen LogP contribution in [0.15, 0.2) is 45.3 Å². The Kier molecular flexibility index (Phi) is 3.51. The average Bonchev–Trinajstić information content (AvgIpc) is 2.90. The number of hydrogen-bond donors (Lipinski definition) is 1. The van der Waals surface area contributed by atoms with Gasteiger partial charge in [-0.15, -0.1) is 0 Å². The average molecular weight is 349 g/mol. The molecule has 1 aromatic heterocycles. The van der Waals surface area contributed by atoms with Crippen LogP contribution in [0.25, 0.3) is 22.3 Å². The number of halogens is 1. The zero-order valence-corrected chi connectivity index (χ0v) is 13.1. The lowest BCUT2D eigenvalue weighted by molar-refractivity contribution is 0.373. The fourth-order valence-corrected chi connectivity index (χ4v) is 2.68. The standard InChI is InChI=1S/C16H13BrO4/c1-19-13-4-3-9(6-12(13)18)14-7-10-5-11(17)8-15(20-2)16(10)21-14/h3-8,18H,1-2H3. The van der Waals surface area contributed by atoms with Gasteiger partial charge < -0.3 is 19.0 Å². The second kappa shape index (κ2) is 5.33. The van der Waals surface area contributed by atoms with E-state index in [4.69, 9.17) is 13.9 Å². The van der Waals surface area contributed by atoms with E-state index in [1.54, 1.807) is 19.2 Å². The minimum Gasteiger partial charge on any atom is -0.504 e. The molecule has 0 aliphatic heterocycles. The van der Waals surface area contributed by atoms with Gasteiger partial charge in [0.05, 0.1) is 14.2 Å². The van der Waals surface area contributed by atoms with Crippen LogP contribution in [0.3, 0.4) is 0 Å². The van der Waals surface area contributed by atoms with Crippen molar-refractivity contribution in [2.24, 2.45) is 0 Å². The fraction of sp³-hybridized carbons (Fsp3) is 0.125. The molecular weight excluding hydrogens is 336 g/mol. The van der Waals surface area contributed by atoms with Crippen LogP contribution in [0.2, 0.25) is 0 Å². The number of methoxy groups -OCH3 is 2. The van der Waals surface area contributed by atoms with Gasteiger partial charge in [-0.2, -0.15) is 0 Å². The number of fused-ring (bicyclic) bond motifs is 1. The summed E-state index contributed by atoms with van der Waals surface area (Å²) in [5.41, 5.74) is 1.44. The maximum Gasteiger partial charge on any atom is 0.176 e. The molecule has 0 bridgehead atoms. The number of phenolic OH excluding ortho intramolecular Hbond substituents is 1. The third-order valence-electron chi connectivity index (χ3n) is 3.23. The Bertz CT molecular complexity index is 807. The molecule has 0 aliphatic rings. The van der Waals surface area contributed by atoms with E-state index in [0.29, 0.717) is 22.8 Å². The van der Waals surface area contributed by atoms with Crippen LogP contribution < -0.4 is 9.47 Å². The quantitative estimate of drug-likeness (QED) is 0.752. The molecule has 0 spiro atoms. The van der Waals surface area contributed by atoms with Crippen molar-refractivity contribution in [3.05, 3.63) is 40.9 Å². The fourth-order valence-electron chi connectivity index (χ4n) is 2.22. The Morgan fingerprint density at radius 1 is 1.00 bits per heavy atom. The topological polar surface area (TPSA) is 51.8 Å². The van der Waals surface area contributed by atoms with Crippen LogP contribution in [0.4, 0.5) is 0 Å². The summed E-state index contributed by atoms with van der Waals surface area (Å²) in [7, 11) is 3.11. The SMILES string of the molecule is COc1ccc(-c2cc3cc(Br)cc(OC)c3o2)cc1O. The van der Waals surface area contributed by atoms with E-state index < -0.39 is 0 Å². The largest absolute Gasteiger partial charge is 0.504 e. The normalized spacial score (nSPS) is 10.8. The molecule has 0 saturated heterocycles. The lowest BCUT2D eigenvalue weighted by Gasteiger charge is -2.04. The summed E-state index contributed by atoms with van der Waals surface area (Å²) in [6.45, 7) is 0. The summed E-state index contributed by atoms with van der Waals surface area (Å²) in [6.07, 6.45) is 0. The molecule has 5 heteroatoms. The van der Waals surface area contributed by atoms with E-state index in [9.17, 15) is 5.11 Å². The second-order valence-electron chi connectivity index (χ2n) is 4.52. The Morgan fingerprint density at radius 3 is 2.43 bits per heavy atom. The number of phenols is 1. The number of furan rings is 1. The molecule has 108 valence electrons.